The second-order valence-electron chi connectivity index (χ2n) is 6.18. The van der Waals surface area contributed by atoms with Crippen LogP contribution in [0.1, 0.15) is 5.69 Å². The summed E-state index contributed by atoms with van der Waals surface area (Å²) in [5.74, 6) is -0.404. The molecule has 0 unspecified atom stereocenters. The lowest BCUT2D eigenvalue weighted by molar-refractivity contribution is -0.128. The van der Waals surface area contributed by atoms with Crippen LogP contribution < -0.4 is 5.32 Å². The highest BCUT2D eigenvalue weighted by molar-refractivity contribution is 7.80. The van der Waals surface area contributed by atoms with Gasteiger partial charge < -0.3 is 4.98 Å². The third-order valence-corrected chi connectivity index (χ3v) is 4.64. The first-order chi connectivity index (χ1) is 14.1. The minimum absolute atomic E-state index is 0.00187. The van der Waals surface area contributed by atoms with E-state index in [1.54, 1.807) is 12.1 Å². The molecule has 1 fully saturated rings. The Morgan fingerprint density at radius 2 is 1.86 bits per heavy atom. The Labute approximate surface area is 170 Å². The number of carbonyl (C=O) groups excluding carboxylic acids is 2. The smallest absolute Gasteiger partial charge is 0.266 e. The molecule has 3 N–H and O–H groups in total. The van der Waals surface area contributed by atoms with Gasteiger partial charge in [-0.2, -0.15) is 0 Å². The molecule has 1 saturated heterocycles. The number of amides is 2. The summed E-state index contributed by atoms with van der Waals surface area (Å²) in [5, 5.41) is 16.3. The molecule has 3 aromatic rings. The number of benzene rings is 1. The lowest BCUT2D eigenvalue weighted by Crippen LogP contribution is -2.53. The summed E-state index contributed by atoms with van der Waals surface area (Å²) in [6.45, 7) is 3.83. The number of rotatable bonds is 5. The van der Waals surface area contributed by atoms with Crippen molar-refractivity contribution in [2.45, 2.75) is 0 Å². The van der Waals surface area contributed by atoms with Gasteiger partial charge in [0.05, 0.1) is 0 Å². The number of hydrogen-bond donors (Lipinski definition) is 3. The maximum atomic E-state index is 12.6. The number of H-pyrrole nitrogens is 2. The number of nitrogens with zero attached hydrogens (tertiary/aromatic N) is 4. The van der Waals surface area contributed by atoms with Crippen molar-refractivity contribution in [2.75, 3.05) is 6.54 Å². The van der Waals surface area contributed by atoms with Gasteiger partial charge in [-0.1, -0.05) is 30.3 Å². The van der Waals surface area contributed by atoms with E-state index in [1.807, 2.05) is 30.3 Å². The molecular weight excluding hydrogens is 390 g/mol. The van der Waals surface area contributed by atoms with Gasteiger partial charge in [0.1, 0.15) is 5.57 Å². The van der Waals surface area contributed by atoms with E-state index in [0.29, 0.717) is 11.5 Å². The zero-order valence-electron chi connectivity index (χ0n) is 15.0. The quantitative estimate of drug-likeness (QED) is 0.257. The fourth-order valence-corrected chi connectivity index (χ4v) is 3.15. The van der Waals surface area contributed by atoms with Crippen molar-refractivity contribution in [3.05, 3.63) is 60.3 Å². The minimum Gasteiger partial charge on any atom is -0.355 e. The van der Waals surface area contributed by atoms with E-state index in [4.69, 9.17) is 12.2 Å². The van der Waals surface area contributed by atoms with Gasteiger partial charge in [-0.15, -0.1) is 11.7 Å². The fourth-order valence-electron chi connectivity index (χ4n) is 2.90. The molecule has 2 amide bonds. The van der Waals surface area contributed by atoms with Crippen molar-refractivity contribution in [3.63, 3.8) is 0 Å². The first-order valence-electron chi connectivity index (χ1n) is 8.60. The molecule has 9 nitrogen and oxygen atoms in total. The number of thiocarbonyl (C=S) groups is 1. The molecule has 1 aliphatic heterocycles. The SMILES string of the molecule is C=CCN1C(=O)/C(=C/c2ccc(-c3ccc(-c4nnn[nH]4)cc3)[nH]2)C(=O)NC1=S. The topological polar surface area (TPSA) is 120 Å². The molecule has 144 valence electrons. The standard InChI is InChI=1S/C19H15N7O2S/c1-2-9-26-18(28)14(17(27)21-19(26)29)10-13-7-8-15(20-13)11-3-5-12(6-4-11)16-22-24-25-23-16/h2-8,10,20H,1,9H2,(H,21,27,29)(H,22,23,24,25)/b14-10+. The summed E-state index contributed by atoms with van der Waals surface area (Å²) in [4.78, 5) is 29.3. The predicted octanol–water partition coefficient (Wildman–Crippen LogP) is 1.67. The van der Waals surface area contributed by atoms with Gasteiger partial charge in [-0.05, 0) is 46.4 Å². The van der Waals surface area contributed by atoms with E-state index < -0.39 is 11.8 Å². The largest absolute Gasteiger partial charge is 0.355 e. The van der Waals surface area contributed by atoms with Gasteiger partial charge in [0.2, 0.25) is 0 Å². The summed E-state index contributed by atoms with van der Waals surface area (Å²) in [7, 11) is 0. The zero-order chi connectivity index (χ0) is 20.4. The van der Waals surface area contributed by atoms with Crippen molar-refractivity contribution in [1.82, 2.24) is 35.8 Å². The summed E-state index contributed by atoms with van der Waals surface area (Å²) < 4.78 is 0. The predicted molar refractivity (Wildman–Crippen MR) is 110 cm³/mol. The zero-order valence-corrected chi connectivity index (χ0v) is 15.9. The molecule has 2 aromatic heterocycles. The number of carbonyl (C=O) groups is 2. The second-order valence-corrected chi connectivity index (χ2v) is 6.56. The lowest BCUT2D eigenvalue weighted by atomic mass is 10.1. The molecule has 0 aliphatic carbocycles. The fraction of sp³-hybridized carbons (Fsp3) is 0.0526. The molecule has 1 aliphatic rings. The summed E-state index contributed by atoms with van der Waals surface area (Å²) in [5.41, 5.74) is 3.24. The Morgan fingerprint density at radius 1 is 1.10 bits per heavy atom. The monoisotopic (exact) mass is 405 g/mol. The molecule has 1 aromatic carbocycles. The Kier molecular flexibility index (Phi) is 4.83. The van der Waals surface area contributed by atoms with E-state index in [9.17, 15) is 9.59 Å². The molecule has 10 heteroatoms. The van der Waals surface area contributed by atoms with E-state index in [-0.39, 0.29) is 17.2 Å². The van der Waals surface area contributed by atoms with Crippen LogP contribution in [0.15, 0.2) is 54.6 Å². The molecule has 0 saturated carbocycles. The third kappa shape index (κ3) is 3.60. The highest BCUT2D eigenvalue weighted by atomic mass is 32.1. The van der Waals surface area contributed by atoms with Crippen LogP contribution in [-0.2, 0) is 9.59 Å². The van der Waals surface area contributed by atoms with Crippen LogP contribution in [0.4, 0.5) is 0 Å². The van der Waals surface area contributed by atoms with E-state index in [0.717, 1.165) is 16.8 Å². The molecule has 3 heterocycles. The van der Waals surface area contributed by atoms with Crippen LogP contribution in [0.2, 0.25) is 0 Å². The Hall–Kier alpha value is -3.92. The summed E-state index contributed by atoms with van der Waals surface area (Å²) in [6, 6.07) is 11.3. The lowest BCUT2D eigenvalue weighted by Gasteiger charge is -2.27. The molecular formula is C19H15N7O2S. The summed E-state index contributed by atoms with van der Waals surface area (Å²) >= 11 is 5.05. The van der Waals surface area contributed by atoms with Crippen molar-refractivity contribution >= 4 is 35.2 Å². The average Bonchev–Trinajstić information content (AvgIpc) is 3.41. The maximum absolute atomic E-state index is 12.6. The molecule has 0 spiro atoms. The molecule has 4 rings (SSSR count). The molecule has 0 bridgehead atoms. The van der Waals surface area contributed by atoms with Crippen LogP contribution in [0.5, 0.6) is 0 Å². The van der Waals surface area contributed by atoms with Crippen molar-refractivity contribution in [1.29, 1.82) is 0 Å². The molecule has 0 radical (unpaired) electrons. The maximum Gasteiger partial charge on any atom is 0.266 e. The van der Waals surface area contributed by atoms with Crippen LogP contribution in [-0.4, -0.2) is 54.0 Å². The number of tetrazole rings is 1. The molecule has 29 heavy (non-hydrogen) atoms. The first kappa shape index (κ1) is 18.4. The highest BCUT2D eigenvalue weighted by Gasteiger charge is 2.32. The van der Waals surface area contributed by atoms with Crippen LogP contribution in [0.25, 0.3) is 28.7 Å². The van der Waals surface area contributed by atoms with Crippen LogP contribution in [0.3, 0.4) is 0 Å². The Bertz CT molecular complexity index is 1130. The first-order valence-corrected chi connectivity index (χ1v) is 9.01. The Morgan fingerprint density at radius 3 is 2.55 bits per heavy atom. The number of nitrogens with one attached hydrogen (secondary N) is 3. The third-order valence-electron chi connectivity index (χ3n) is 4.32. The minimum atomic E-state index is -0.526. The molecule has 0 atom stereocenters. The van der Waals surface area contributed by atoms with Crippen molar-refractivity contribution < 1.29 is 9.59 Å². The number of aromatic nitrogens is 5. The van der Waals surface area contributed by atoms with E-state index >= 15 is 0 Å². The van der Waals surface area contributed by atoms with Crippen LogP contribution >= 0.6 is 12.2 Å². The van der Waals surface area contributed by atoms with Gasteiger partial charge in [-0.25, -0.2) is 5.10 Å². The van der Waals surface area contributed by atoms with Gasteiger partial charge in [0, 0.05) is 23.5 Å². The van der Waals surface area contributed by atoms with E-state index in [1.165, 1.54) is 11.0 Å². The van der Waals surface area contributed by atoms with Gasteiger partial charge in [0.25, 0.3) is 11.8 Å². The van der Waals surface area contributed by atoms with Gasteiger partial charge in [-0.3, -0.25) is 19.8 Å². The Balaban J connectivity index is 1.58. The van der Waals surface area contributed by atoms with Gasteiger partial charge in [0.15, 0.2) is 10.9 Å². The number of hydrogen-bond acceptors (Lipinski definition) is 6. The van der Waals surface area contributed by atoms with Crippen LogP contribution in [0, 0.1) is 0 Å². The summed E-state index contributed by atoms with van der Waals surface area (Å²) in [6.07, 6.45) is 3.05. The number of aromatic amines is 2. The second kappa shape index (κ2) is 7.60. The normalized spacial score (nSPS) is 15.7. The van der Waals surface area contributed by atoms with Crippen molar-refractivity contribution in [3.8, 4) is 22.6 Å². The average molecular weight is 405 g/mol. The van der Waals surface area contributed by atoms with Gasteiger partial charge >= 0.3 is 0 Å². The van der Waals surface area contributed by atoms with Crippen molar-refractivity contribution in [2.24, 2.45) is 0 Å². The highest BCUT2D eigenvalue weighted by Crippen LogP contribution is 2.23. The van der Waals surface area contributed by atoms with E-state index in [2.05, 4.69) is 37.5 Å².